The fraction of sp³-hybridized carbons (Fsp3) is 0.222. The molecule has 5 heteroatoms. The van der Waals surface area contributed by atoms with E-state index in [1.165, 1.54) is 0 Å². The molecule has 2 heterocycles. The Hall–Kier alpha value is -1.91. The molecule has 1 aliphatic rings. The maximum absolute atomic E-state index is 10.9. The van der Waals surface area contributed by atoms with Crippen LogP contribution in [0.3, 0.4) is 0 Å². The van der Waals surface area contributed by atoms with Gasteiger partial charge in [-0.15, -0.1) is 0 Å². The molecular formula is C9H10N4O. The van der Waals surface area contributed by atoms with Crippen molar-refractivity contribution in [3.63, 3.8) is 0 Å². The van der Waals surface area contributed by atoms with Crippen molar-refractivity contribution in [2.45, 2.75) is 13.0 Å². The number of carbonyl (C=O) groups is 1. The maximum atomic E-state index is 10.9. The van der Waals surface area contributed by atoms with E-state index in [0.717, 1.165) is 11.3 Å². The van der Waals surface area contributed by atoms with E-state index in [1.54, 1.807) is 6.20 Å². The fourth-order valence-corrected chi connectivity index (χ4v) is 1.32. The number of rotatable bonds is 1. The molecule has 0 aromatic carbocycles. The number of pyridine rings is 1. The van der Waals surface area contributed by atoms with Crippen molar-refractivity contribution >= 4 is 11.9 Å². The number of hydrogen-bond acceptors (Lipinski definition) is 3. The topological polar surface area (TPSA) is 80.4 Å². The number of aryl methyl sites for hydroxylation is 1. The van der Waals surface area contributed by atoms with Crippen LogP contribution in [0.2, 0.25) is 0 Å². The van der Waals surface area contributed by atoms with Gasteiger partial charge in [0.15, 0.2) is 0 Å². The van der Waals surface area contributed by atoms with Gasteiger partial charge in [-0.2, -0.15) is 4.99 Å². The summed E-state index contributed by atoms with van der Waals surface area (Å²) in [7, 11) is 0. The number of urea groups is 1. The van der Waals surface area contributed by atoms with Crippen molar-refractivity contribution in [1.29, 1.82) is 0 Å². The number of aromatic nitrogens is 1. The summed E-state index contributed by atoms with van der Waals surface area (Å²) in [6.45, 7) is 1.90. The van der Waals surface area contributed by atoms with Crippen molar-refractivity contribution in [3.05, 3.63) is 29.6 Å². The largest absolute Gasteiger partial charge is 0.385 e. The van der Waals surface area contributed by atoms with Gasteiger partial charge in [0.05, 0.1) is 0 Å². The van der Waals surface area contributed by atoms with Crippen LogP contribution >= 0.6 is 0 Å². The molecule has 1 aliphatic heterocycles. The van der Waals surface area contributed by atoms with Gasteiger partial charge >= 0.3 is 6.03 Å². The van der Waals surface area contributed by atoms with Crippen LogP contribution < -0.4 is 11.1 Å². The molecule has 3 N–H and O–H groups in total. The van der Waals surface area contributed by atoms with E-state index in [2.05, 4.69) is 15.3 Å². The van der Waals surface area contributed by atoms with Crippen molar-refractivity contribution in [2.24, 2.45) is 10.7 Å². The number of amidine groups is 1. The number of amides is 2. The molecule has 2 amide bonds. The Bertz CT molecular complexity index is 396. The normalized spacial score (nSPS) is 20.5. The van der Waals surface area contributed by atoms with Gasteiger partial charge in [0, 0.05) is 17.5 Å². The van der Waals surface area contributed by atoms with Crippen molar-refractivity contribution < 1.29 is 4.79 Å². The summed E-state index contributed by atoms with van der Waals surface area (Å²) in [6, 6.07) is 3.03. The monoisotopic (exact) mass is 190 g/mol. The highest BCUT2D eigenvalue weighted by Crippen LogP contribution is 2.16. The molecular weight excluding hydrogens is 180 g/mol. The molecule has 0 radical (unpaired) electrons. The van der Waals surface area contributed by atoms with Gasteiger partial charge in [0.2, 0.25) is 0 Å². The molecule has 0 saturated carbocycles. The summed E-state index contributed by atoms with van der Waals surface area (Å²) in [5.41, 5.74) is 7.35. The van der Waals surface area contributed by atoms with E-state index in [0.29, 0.717) is 5.84 Å². The van der Waals surface area contributed by atoms with Crippen LogP contribution in [0.25, 0.3) is 0 Å². The lowest BCUT2D eigenvalue weighted by molar-refractivity contribution is 0.250. The smallest absolute Gasteiger partial charge is 0.343 e. The van der Waals surface area contributed by atoms with E-state index in [-0.39, 0.29) is 6.04 Å². The molecule has 1 atom stereocenters. The van der Waals surface area contributed by atoms with E-state index >= 15 is 0 Å². The predicted octanol–water partition coefficient (Wildman–Crippen LogP) is 0.512. The molecule has 1 unspecified atom stereocenters. The Morgan fingerprint density at radius 3 is 2.79 bits per heavy atom. The lowest BCUT2D eigenvalue weighted by atomic mass is 10.1. The number of hydrogen-bond donors (Lipinski definition) is 2. The quantitative estimate of drug-likeness (QED) is 0.677. The molecule has 0 bridgehead atoms. The SMILES string of the molecule is Cc1ccc(C2NC(=O)N=C2N)cn1. The van der Waals surface area contributed by atoms with E-state index in [9.17, 15) is 4.79 Å². The second kappa shape index (κ2) is 3.10. The number of aliphatic imine (C=N–C) groups is 1. The maximum Gasteiger partial charge on any atom is 0.343 e. The van der Waals surface area contributed by atoms with E-state index in [4.69, 9.17) is 5.73 Å². The van der Waals surface area contributed by atoms with Gasteiger partial charge in [-0.1, -0.05) is 6.07 Å². The minimum absolute atomic E-state index is 0.292. The summed E-state index contributed by atoms with van der Waals surface area (Å²) in [6.07, 6.45) is 1.69. The molecule has 1 aromatic rings. The standard InChI is InChI=1S/C9H10N4O/c1-5-2-3-6(4-11-5)7-8(10)13-9(14)12-7/h2-4,7H,1H3,(H3,10,12,13,14). The number of nitrogens with one attached hydrogen (secondary N) is 1. The van der Waals surface area contributed by atoms with Crippen LogP contribution in [0, 0.1) is 6.92 Å². The second-order valence-electron chi connectivity index (χ2n) is 3.15. The van der Waals surface area contributed by atoms with Crippen LogP contribution in [0.15, 0.2) is 23.3 Å². The highest BCUT2D eigenvalue weighted by Gasteiger charge is 2.24. The van der Waals surface area contributed by atoms with Crippen LogP contribution in [-0.4, -0.2) is 16.9 Å². The Morgan fingerprint density at radius 2 is 2.29 bits per heavy atom. The third-order valence-electron chi connectivity index (χ3n) is 2.06. The average Bonchev–Trinajstić information content (AvgIpc) is 2.47. The lowest BCUT2D eigenvalue weighted by Crippen LogP contribution is -2.27. The molecule has 2 rings (SSSR count). The van der Waals surface area contributed by atoms with Gasteiger partial charge in [-0.3, -0.25) is 4.98 Å². The van der Waals surface area contributed by atoms with Crippen LogP contribution in [0.4, 0.5) is 4.79 Å². The Morgan fingerprint density at radius 1 is 1.50 bits per heavy atom. The minimum Gasteiger partial charge on any atom is -0.385 e. The van der Waals surface area contributed by atoms with Gasteiger partial charge in [-0.05, 0) is 13.0 Å². The molecule has 0 spiro atoms. The van der Waals surface area contributed by atoms with Crippen LogP contribution in [-0.2, 0) is 0 Å². The van der Waals surface area contributed by atoms with Gasteiger partial charge in [-0.25, -0.2) is 4.79 Å². The third-order valence-corrected chi connectivity index (χ3v) is 2.06. The average molecular weight is 190 g/mol. The molecule has 5 nitrogen and oxygen atoms in total. The molecule has 72 valence electrons. The van der Waals surface area contributed by atoms with Gasteiger partial charge in [0.1, 0.15) is 11.9 Å². The second-order valence-corrected chi connectivity index (χ2v) is 3.15. The zero-order valence-electron chi connectivity index (χ0n) is 7.69. The van der Waals surface area contributed by atoms with Crippen molar-refractivity contribution in [2.75, 3.05) is 0 Å². The summed E-state index contributed by atoms with van der Waals surface area (Å²) in [5, 5.41) is 2.63. The molecule has 1 aromatic heterocycles. The first-order chi connectivity index (χ1) is 6.66. The van der Waals surface area contributed by atoms with Crippen molar-refractivity contribution in [3.8, 4) is 0 Å². The highest BCUT2D eigenvalue weighted by molar-refractivity contribution is 6.03. The first kappa shape index (κ1) is 8.68. The van der Waals surface area contributed by atoms with Crippen LogP contribution in [0.1, 0.15) is 17.3 Å². The predicted molar refractivity (Wildman–Crippen MR) is 51.9 cm³/mol. The highest BCUT2D eigenvalue weighted by atomic mass is 16.2. The Balaban J connectivity index is 2.29. The summed E-state index contributed by atoms with van der Waals surface area (Å²) in [5.74, 6) is 0.292. The molecule has 0 aliphatic carbocycles. The summed E-state index contributed by atoms with van der Waals surface area (Å²) in [4.78, 5) is 18.6. The summed E-state index contributed by atoms with van der Waals surface area (Å²) < 4.78 is 0. The fourth-order valence-electron chi connectivity index (χ4n) is 1.32. The number of nitrogens with two attached hydrogens (primary N) is 1. The van der Waals surface area contributed by atoms with E-state index in [1.807, 2.05) is 19.1 Å². The Kier molecular flexibility index (Phi) is 1.92. The summed E-state index contributed by atoms with van der Waals surface area (Å²) >= 11 is 0. The molecule has 0 saturated heterocycles. The third kappa shape index (κ3) is 1.44. The van der Waals surface area contributed by atoms with Gasteiger partial charge < -0.3 is 11.1 Å². The zero-order chi connectivity index (χ0) is 10.1. The first-order valence-corrected chi connectivity index (χ1v) is 4.24. The van der Waals surface area contributed by atoms with Crippen molar-refractivity contribution in [1.82, 2.24) is 10.3 Å². The molecule has 14 heavy (non-hydrogen) atoms. The number of nitrogens with zero attached hydrogens (tertiary/aromatic N) is 2. The molecule has 0 fully saturated rings. The zero-order valence-corrected chi connectivity index (χ0v) is 7.69. The van der Waals surface area contributed by atoms with Gasteiger partial charge in [0.25, 0.3) is 0 Å². The van der Waals surface area contributed by atoms with Crippen LogP contribution in [0.5, 0.6) is 0 Å². The number of carbonyl (C=O) groups excluding carboxylic acids is 1. The minimum atomic E-state index is -0.395. The Labute approximate surface area is 81.1 Å². The first-order valence-electron chi connectivity index (χ1n) is 4.24. The van der Waals surface area contributed by atoms with E-state index < -0.39 is 6.03 Å². The lowest BCUT2D eigenvalue weighted by Gasteiger charge is -2.09.